The fraction of sp³-hybridized carbons (Fsp3) is 0.0500. The third-order valence-corrected chi connectivity index (χ3v) is 4.70. The second kappa shape index (κ2) is 9.16. The van der Waals surface area contributed by atoms with Crippen LogP contribution in [0.4, 0.5) is 0 Å². The highest BCUT2D eigenvalue weighted by atomic mass is 35.5. The van der Waals surface area contributed by atoms with E-state index in [9.17, 15) is 9.59 Å². The highest BCUT2D eigenvalue weighted by Crippen LogP contribution is 2.28. The molecule has 142 valence electrons. The topological polar surface area (TPSA) is 77.0 Å². The second-order valence-corrected chi connectivity index (χ2v) is 6.87. The van der Waals surface area contributed by atoms with E-state index in [1.165, 1.54) is 24.7 Å². The van der Waals surface area contributed by atoms with Crippen LogP contribution >= 0.6 is 22.9 Å². The Balaban J connectivity index is 1.66. The summed E-state index contributed by atoms with van der Waals surface area (Å²) in [5.74, 6) is -0.146. The van der Waals surface area contributed by atoms with Gasteiger partial charge in [0, 0.05) is 10.6 Å². The van der Waals surface area contributed by atoms with E-state index in [0.29, 0.717) is 32.5 Å². The summed E-state index contributed by atoms with van der Waals surface area (Å²) in [5, 5.41) is 6.27. The van der Waals surface area contributed by atoms with E-state index in [-0.39, 0.29) is 5.91 Å². The monoisotopic (exact) mass is 414 g/mol. The zero-order valence-corrected chi connectivity index (χ0v) is 16.3. The van der Waals surface area contributed by atoms with Crippen molar-refractivity contribution in [2.24, 2.45) is 5.10 Å². The van der Waals surface area contributed by atoms with E-state index in [2.05, 4.69) is 10.5 Å². The second-order valence-electron chi connectivity index (χ2n) is 5.48. The Kier molecular flexibility index (Phi) is 6.41. The van der Waals surface area contributed by atoms with Crippen molar-refractivity contribution in [3.63, 3.8) is 0 Å². The van der Waals surface area contributed by atoms with E-state index in [4.69, 9.17) is 21.1 Å². The SMILES string of the molecule is COc1cc(/C=N/NC(=O)c2ccc(Cl)cc2)ccc1OC(=O)c1cccs1. The van der Waals surface area contributed by atoms with Gasteiger partial charge in [0.2, 0.25) is 0 Å². The number of methoxy groups -OCH3 is 1. The molecule has 1 N–H and O–H groups in total. The molecule has 1 amide bonds. The average molecular weight is 415 g/mol. The molecule has 3 rings (SSSR count). The number of nitrogens with one attached hydrogen (secondary N) is 1. The average Bonchev–Trinajstić information content (AvgIpc) is 3.24. The molecule has 0 aliphatic rings. The zero-order chi connectivity index (χ0) is 19.9. The van der Waals surface area contributed by atoms with Gasteiger partial charge < -0.3 is 9.47 Å². The lowest BCUT2D eigenvalue weighted by Gasteiger charge is -2.09. The van der Waals surface area contributed by atoms with Crippen LogP contribution in [0.15, 0.2) is 65.1 Å². The van der Waals surface area contributed by atoms with Crippen molar-refractivity contribution < 1.29 is 19.1 Å². The van der Waals surface area contributed by atoms with Crippen LogP contribution in [0, 0.1) is 0 Å². The Bertz CT molecular complexity index is 1000. The van der Waals surface area contributed by atoms with Crippen LogP contribution in [0.25, 0.3) is 0 Å². The Morgan fingerprint density at radius 2 is 1.89 bits per heavy atom. The summed E-state index contributed by atoms with van der Waals surface area (Å²) in [6.07, 6.45) is 1.46. The number of thiophene rings is 1. The standard InChI is InChI=1S/C20H15ClN2O4S/c1-26-17-11-13(4-9-16(17)27-20(25)18-3-2-10-28-18)12-22-23-19(24)14-5-7-15(21)8-6-14/h2-12H,1H3,(H,23,24)/b22-12+. The maximum atomic E-state index is 12.1. The molecule has 0 spiro atoms. The number of carbonyl (C=O) groups excluding carboxylic acids is 2. The summed E-state index contributed by atoms with van der Waals surface area (Å²) in [6.45, 7) is 0. The number of carbonyl (C=O) groups is 2. The van der Waals surface area contributed by atoms with Crippen LogP contribution in [0.1, 0.15) is 25.6 Å². The minimum atomic E-state index is -0.454. The first-order chi connectivity index (χ1) is 13.6. The van der Waals surface area contributed by atoms with Gasteiger partial charge in [-0.15, -0.1) is 11.3 Å². The van der Waals surface area contributed by atoms with Crippen molar-refractivity contribution >= 4 is 41.0 Å². The van der Waals surface area contributed by atoms with Crippen LogP contribution in [0.3, 0.4) is 0 Å². The van der Waals surface area contributed by atoms with E-state index < -0.39 is 5.97 Å². The third-order valence-electron chi connectivity index (χ3n) is 3.60. The molecule has 6 nitrogen and oxygen atoms in total. The summed E-state index contributed by atoms with van der Waals surface area (Å²) in [4.78, 5) is 24.6. The van der Waals surface area contributed by atoms with Gasteiger partial charge in [-0.1, -0.05) is 17.7 Å². The molecular weight excluding hydrogens is 400 g/mol. The number of amides is 1. The molecule has 28 heavy (non-hydrogen) atoms. The molecule has 0 unspecified atom stereocenters. The van der Waals surface area contributed by atoms with Crippen LogP contribution < -0.4 is 14.9 Å². The Morgan fingerprint density at radius 1 is 1.11 bits per heavy atom. The lowest BCUT2D eigenvalue weighted by atomic mass is 10.2. The van der Waals surface area contributed by atoms with Crippen LogP contribution in [0.2, 0.25) is 5.02 Å². The molecule has 0 radical (unpaired) electrons. The van der Waals surface area contributed by atoms with Gasteiger partial charge in [-0.25, -0.2) is 10.2 Å². The van der Waals surface area contributed by atoms with Crippen LogP contribution in [-0.2, 0) is 0 Å². The minimum Gasteiger partial charge on any atom is -0.493 e. The lowest BCUT2D eigenvalue weighted by Crippen LogP contribution is -2.17. The molecule has 0 saturated heterocycles. The third kappa shape index (κ3) is 4.97. The molecule has 0 bridgehead atoms. The van der Waals surface area contributed by atoms with Crippen molar-refractivity contribution in [3.8, 4) is 11.5 Å². The molecule has 3 aromatic rings. The van der Waals surface area contributed by atoms with Crippen molar-refractivity contribution in [2.75, 3.05) is 7.11 Å². The normalized spacial score (nSPS) is 10.6. The molecule has 1 aromatic heterocycles. The number of hydrogen-bond acceptors (Lipinski definition) is 6. The predicted molar refractivity (Wildman–Crippen MR) is 109 cm³/mol. The summed E-state index contributed by atoms with van der Waals surface area (Å²) in [6, 6.07) is 14.9. The molecule has 0 saturated carbocycles. The van der Waals surface area contributed by atoms with Gasteiger partial charge in [-0.3, -0.25) is 4.79 Å². The number of hydrogen-bond donors (Lipinski definition) is 1. The van der Waals surface area contributed by atoms with E-state index in [1.54, 1.807) is 60.0 Å². The predicted octanol–water partition coefficient (Wildman–Crippen LogP) is 4.39. The maximum Gasteiger partial charge on any atom is 0.353 e. The Labute approximate surface area is 170 Å². The summed E-state index contributed by atoms with van der Waals surface area (Å²) in [7, 11) is 1.47. The van der Waals surface area contributed by atoms with Crippen LogP contribution in [0.5, 0.6) is 11.5 Å². The lowest BCUT2D eigenvalue weighted by molar-refractivity contribution is 0.0734. The van der Waals surface area contributed by atoms with Crippen molar-refractivity contribution in [1.82, 2.24) is 5.43 Å². The van der Waals surface area contributed by atoms with E-state index in [0.717, 1.165) is 0 Å². The van der Waals surface area contributed by atoms with Crippen LogP contribution in [-0.4, -0.2) is 25.2 Å². The van der Waals surface area contributed by atoms with Gasteiger partial charge in [-0.05, 0) is 59.5 Å². The molecule has 0 aliphatic carbocycles. The molecule has 0 aliphatic heterocycles. The van der Waals surface area contributed by atoms with Gasteiger partial charge in [0.05, 0.1) is 13.3 Å². The number of halogens is 1. The summed E-state index contributed by atoms with van der Waals surface area (Å²) < 4.78 is 10.6. The number of rotatable bonds is 6. The molecule has 1 heterocycles. The molecular formula is C20H15ClN2O4S. The number of benzene rings is 2. The Morgan fingerprint density at radius 3 is 2.57 bits per heavy atom. The maximum absolute atomic E-state index is 12.1. The number of nitrogens with zero attached hydrogens (tertiary/aromatic N) is 1. The van der Waals surface area contributed by atoms with Crippen molar-refractivity contribution in [3.05, 3.63) is 81.0 Å². The van der Waals surface area contributed by atoms with Gasteiger partial charge in [-0.2, -0.15) is 5.10 Å². The van der Waals surface area contributed by atoms with E-state index in [1.807, 2.05) is 0 Å². The molecule has 0 atom stereocenters. The number of esters is 1. The fourth-order valence-corrected chi connectivity index (χ4v) is 2.95. The van der Waals surface area contributed by atoms with Crippen molar-refractivity contribution in [2.45, 2.75) is 0 Å². The smallest absolute Gasteiger partial charge is 0.353 e. The number of hydrazone groups is 1. The molecule has 8 heteroatoms. The van der Waals surface area contributed by atoms with E-state index >= 15 is 0 Å². The molecule has 2 aromatic carbocycles. The largest absolute Gasteiger partial charge is 0.493 e. The molecule has 0 fully saturated rings. The zero-order valence-electron chi connectivity index (χ0n) is 14.7. The highest BCUT2D eigenvalue weighted by molar-refractivity contribution is 7.12. The first kappa shape index (κ1) is 19.6. The fourth-order valence-electron chi connectivity index (χ4n) is 2.22. The number of ether oxygens (including phenoxy) is 2. The summed E-state index contributed by atoms with van der Waals surface area (Å²) >= 11 is 7.09. The first-order valence-electron chi connectivity index (χ1n) is 8.09. The summed E-state index contributed by atoms with van der Waals surface area (Å²) in [5.41, 5.74) is 3.53. The quantitative estimate of drug-likeness (QED) is 0.281. The van der Waals surface area contributed by atoms with Crippen molar-refractivity contribution in [1.29, 1.82) is 0 Å². The first-order valence-corrected chi connectivity index (χ1v) is 9.35. The van der Waals surface area contributed by atoms with Gasteiger partial charge >= 0.3 is 5.97 Å². The highest BCUT2D eigenvalue weighted by Gasteiger charge is 2.13. The van der Waals surface area contributed by atoms with Gasteiger partial charge in [0.25, 0.3) is 5.91 Å². The van der Waals surface area contributed by atoms with Gasteiger partial charge in [0.15, 0.2) is 11.5 Å². The van der Waals surface area contributed by atoms with Gasteiger partial charge in [0.1, 0.15) is 4.88 Å². The Hall–Kier alpha value is -3.16. The minimum absolute atomic E-state index is 0.295.